The first kappa shape index (κ1) is 16.8. The van der Waals surface area contributed by atoms with E-state index in [1.165, 1.54) is 0 Å². The summed E-state index contributed by atoms with van der Waals surface area (Å²) in [5.74, 6) is -1.41. The number of anilines is 1. The number of amides is 1. The third-order valence-electron chi connectivity index (χ3n) is 5.90. The molecular weight excluding hydrogens is 328 g/mol. The summed E-state index contributed by atoms with van der Waals surface area (Å²) in [4.78, 5) is 12.3. The molecule has 3 aliphatic carbocycles. The number of hydrogen-bond acceptors (Lipinski definition) is 3. The average Bonchev–Trinajstić information content (AvgIpc) is 3.24. The van der Waals surface area contributed by atoms with Crippen molar-refractivity contribution in [3.05, 3.63) is 11.3 Å². The number of hydrogen-bond donors (Lipinski definition) is 1. The van der Waals surface area contributed by atoms with Crippen molar-refractivity contribution >= 4 is 11.9 Å². The number of carbonyl (C=O) groups is 1. The van der Waals surface area contributed by atoms with E-state index in [9.17, 15) is 13.6 Å². The number of halogens is 2. The van der Waals surface area contributed by atoms with E-state index in [2.05, 4.69) is 10.4 Å². The molecule has 1 heterocycles. The number of ether oxygens (including phenoxy) is 1. The molecule has 7 heteroatoms. The summed E-state index contributed by atoms with van der Waals surface area (Å²) in [5.41, 5.74) is 1.69. The molecule has 3 saturated carbocycles. The SMILES string of the molecule is C[C@@H](OC(=O)Nc1c(C2CCC2)c(C2CC(F)(F)C2)nn1C)C1CC1. The predicted molar refractivity (Wildman–Crippen MR) is 89.0 cm³/mol. The molecule has 5 nitrogen and oxygen atoms in total. The molecule has 3 fully saturated rings. The Hall–Kier alpha value is -1.66. The van der Waals surface area contributed by atoms with Crippen molar-refractivity contribution in [2.24, 2.45) is 13.0 Å². The zero-order valence-electron chi connectivity index (χ0n) is 14.7. The zero-order chi connectivity index (χ0) is 17.8. The van der Waals surface area contributed by atoms with E-state index < -0.39 is 12.0 Å². The second-order valence-corrected chi connectivity index (χ2v) is 7.93. The monoisotopic (exact) mass is 353 g/mol. The molecular formula is C18H25F2N3O2. The lowest BCUT2D eigenvalue weighted by Crippen LogP contribution is -2.34. The van der Waals surface area contributed by atoms with E-state index in [1.807, 2.05) is 6.92 Å². The van der Waals surface area contributed by atoms with Gasteiger partial charge in [0.15, 0.2) is 0 Å². The molecule has 0 aliphatic heterocycles. The molecule has 3 aliphatic rings. The highest BCUT2D eigenvalue weighted by Gasteiger charge is 2.49. The summed E-state index contributed by atoms with van der Waals surface area (Å²) in [6, 6.07) is 0. The van der Waals surface area contributed by atoms with Gasteiger partial charge in [0.25, 0.3) is 0 Å². The van der Waals surface area contributed by atoms with Crippen molar-refractivity contribution in [2.75, 3.05) is 5.32 Å². The Morgan fingerprint density at radius 2 is 1.96 bits per heavy atom. The van der Waals surface area contributed by atoms with Crippen LogP contribution in [0.2, 0.25) is 0 Å². The van der Waals surface area contributed by atoms with Crippen molar-refractivity contribution in [2.45, 2.75) is 75.7 Å². The summed E-state index contributed by atoms with van der Waals surface area (Å²) in [6.45, 7) is 1.91. The summed E-state index contributed by atoms with van der Waals surface area (Å²) >= 11 is 0. The van der Waals surface area contributed by atoms with Crippen molar-refractivity contribution < 1.29 is 18.3 Å². The predicted octanol–water partition coefficient (Wildman–Crippen LogP) is 4.55. The molecule has 1 N–H and O–H groups in total. The molecule has 4 rings (SSSR count). The number of aryl methyl sites for hydroxylation is 1. The molecule has 0 unspecified atom stereocenters. The van der Waals surface area contributed by atoms with Gasteiger partial charge in [-0.25, -0.2) is 13.6 Å². The van der Waals surface area contributed by atoms with Crippen LogP contribution in [0.5, 0.6) is 0 Å². The Balaban J connectivity index is 1.53. The highest BCUT2D eigenvalue weighted by molar-refractivity contribution is 5.85. The molecule has 0 saturated heterocycles. The minimum Gasteiger partial charge on any atom is -0.446 e. The van der Waals surface area contributed by atoms with E-state index in [4.69, 9.17) is 4.74 Å². The smallest absolute Gasteiger partial charge is 0.413 e. The van der Waals surface area contributed by atoms with Crippen LogP contribution in [-0.2, 0) is 11.8 Å². The molecule has 1 amide bonds. The molecule has 0 radical (unpaired) electrons. The summed E-state index contributed by atoms with van der Waals surface area (Å²) < 4.78 is 33.7. The van der Waals surface area contributed by atoms with E-state index in [1.54, 1.807) is 11.7 Å². The summed E-state index contributed by atoms with van der Waals surface area (Å²) in [7, 11) is 1.75. The lowest BCUT2D eigenvalue weighted by molar-refractivity contribution is -0.0879. The molecule has 0 spiro atoms. The van der Waals surface area contributed by atoms with Crippen LogP contribution in [0, 0.1) is 5.92 Å². The summed E-state index contributed by atoms with van der Waals surface area (Å²) in [5, 5.41) is 7.33. The number of alkyl halides is 2. The van der Waals surface area contributed by atoms with Crippen LogP contribution in [0.1, 0.15) is 75.0 Å². The first-order valence-electron chi connectivity index (χ1n) is 9.26. The van der Waals surface area contributed by atoms with Gasteiger partial charge in [0.05, 0.1) is 5.69 Å². The average molecular weight is 353 g/mol. The Morgan fingerprint density at radius 3 is 2.48 bits per heavy atom. The van der Waals surface area contributed by atoms with Gasteiger partial charge in [0.2, 0.25) is 5.92 Å². The van der Waals surface area contributed by atoms with Gasteiger partial charge in [0, 0.05) is 31.4 Å². The van der Waals surface area contributed by atoms with Crippen LogP contribution in [0.25, 0.3) is 0 Å². The topological polar surface area (TPSA) is 56.1 Å². The molecule has 1 atom stereocenters. The van der Waals surface area contributed by atoms with Crippen molar-refractivity contribution in [3.8, 4) is 0 Å². The van der Waals surface area contributed by atoms with Gasteiger partial charge < -0.3 is 4.74 Å². The highest BCUT2D eigenvalue weighted by Crippen LogP contribution is 2.52. The Labute approximate surface area is 146 Å². The second-order valence-electron chi connectivity index (χ2n) is 7.93. The minimum absolute atomic E-state index is 0.0924. The standard InChI is InChI=1S/C18H25F2N3O2/c1-10(11-6-7-11)25-17(24)21-16-14(12-4-3-5-12)15(22-23(16)2)13-8-18(19,20)9-13/h10-13H,3-9H2,1-2H3,(H,21,24)/t10-/m1/s1. The molecule has 0 aromatic carbocycles. The van der Waals surface area contributed by atoms with E-state index in [0.717, 1.165) is 43.4 Å². The number of rotatable bonds is 5. The molecule has 138 valence electrons. The zero-order valence-corrected chi connectivity index (χ0v) is 14.7. The maximum atomic E-state index is 13.3. The highest BCUT2D eigenvalue weighted by atomic mass is 19.3. The number of nitrogens with zero attached hydrogens (tertiary/aromatic N) is 2. The maximum Gasteiger partial charge on any atom is 0.413 e. The molecule has 0 bridgehead atoms. The first-order valence-corrected chi connectivity index (χ1v) is 9.26. The largest absolute Gasteiger partial charge is 0.446 e. The van der Waals surface area contributed by atoms with Gasteiger partial charge >= 0.3 is 6.09 Å². The number of nitrogens with one attached hydrogen (secondary N) is 1. The van der Waals surface area contributed by atoms with E-state index >= 15 is 0 Å². The van der Waals surface area contributed by atoms with E-state index in [-0.39, 0.29) is 24.9 Å². The minimum atomic E-state index is -2.58. The van der Waals surface area contributed by atoms with Crippen molar-refractivity contribution in [3.63, 3.8) is 0 Å². The van der Waals surface area contributed by atoms with Gasteiger partial charge in [-0.2, -0.15) is 5.10 Å². The Bertz CT molecular complexity index is 672. The number of aromatic nitrogens is 2. The molecule has 25 heavy (non-hydrogen) atoms. The van der Waals surface area contributed by atoms with Crippen LogP contribution < -0.4 is 5.32 Å². The lowest BCUT2D eigenvalue weighted by Gasteiger charge is -2.36. The van der Waals surface area contributed by atoms with Crippen LogP contribution in [-0.4, -0.2) is 27.9 Å². The van der Waals surface area contributed by atoms with Gasteiger partial charge in [0.1, 0.15) is 11.9 Å². The van der Waals surface area contributed by atoms with Crippen LogP contribution in [0.3, 0.4) is 0 Å². The fourth-order valence-corrected chi connectivity index (χ4v) is 3.92. The molecule has 1 aromatic heterocycles. The third kappa shape index (κ3) is 3.25. The molecule has 1 aromatic rings. The fourth-order valence-electron chi connectivity index (χ4n) is 3.92. The Kier molecular flexibility index (Phi) is 4.00. The normalized spacial score (nSPS) is 24.3. The lowest BCUT2D eigenvalue weighted by atomic mass is 9.73. The second kappa shape index (κ2) is 5.95. The van der Waals surface area contributed by atoms with Crippen molar-refractivity contribution in [1.82, 2.24) is 9.78 Å². The first-order chi connectivity index (χ1) is 11.8. The fraction of sp³-hybridized carbons (Fsp3) is 0.778. The number of carbonyl (C=O) groups excluding carboxylic acids is 1. The summed E-state index contributed by atoms with van der Waals surface area (Å²) in [6.07, 6.45) is 4.51. The van der Waals surface area contributed by atoms with Gasteiger partial charge in [-0.3, -0.25) is 10.00 Å². The van der Waals surface area contributed by atoms with Crippen molar-refractivity contribution in [1.29, 1.82) is 0 Å². The van der Waals surface area contributed by atoms with Gasteiger partial charge in [-0.15, -0.1) is 0 Å². The Morgan fingerprint density at radius 1 is 1.28 bits per heavy atom. The maximum absolute atomic E-state index is 13.3. The quantitative estimate of drug-likeness (QED) is 0.845. The van der Waals surface area contributed by atoms with E-state index in [0.29, 0.717) is 17.7 Å². The van der Waals surface area contributed by atoms with Crippen LogP contribution in [0.4, 0.5) is 19.4 Å². The van der Waals surface area contributed by atoms with Crippen LogP contribution >= 0.6 is 0 Å². The van der Waals surface area contributed by atoms with Gasteiger partial charge in [-0.1, -0.05) is 6.42 Å². The van der Waals surface area contributed by atoms with Gasteiger partial charge in [-0.05, 0) is 44.4 Å². The van der Waals surface area contributed by atoms with Crippen LogP contribution in [0.15, 0.2) is 0 Å². The third-order valence-corrected chi connectivity index (χ3v) is 5.90.